The van der Waals surface area contributed by atoms with E-state index in [0.717, 1.165) is 30.1 Å². The van der Waals surface area contributed by atoms with E-state index in [1.54, 1.807) is 4.90 Å². The Morgan fingerprint density at radius 1 is 1.16 bits per heavy atom. The summed E-state index contributed by atoms with van der Waals surface area (Å²) in [6.45, 7) is 12.9. The SMILES string of the molecule is CC(C)(C)OC(=O)N1CCN(c2ccc3c(c2)COC(C)(C)O3)CC1. The van der Waals surface area contributed by atoms with Gasteiger partial charge in [0, 0.05) is 51.3 Å². The summed E-state index contributed by atoms with van der Waals surface area (Å²) in [4.78, 5) is 16.2. The standard InChI is InChI=1S/C19H28N2O4/c1-18(2,3)25-17(22)21-10-8-20(9-11-21)15-6-7-16-14(12-15)13-23-19(4,5)24-16/h6-7,12H,8-11,13H2,1-5H3. The van der Waals surface area contributed by atoms with Crippen LogP contribution < -0.4 is 9.64 Å². The Bertz CT molecular complexity index is 643. The summed E-state index contributed by atoms with van der Waals surface area (Å²) in [5.74, 6) is 0.306. The molecule has 1 aromatic rings. The molecular weight excluding hydrogens is 320 g/mol. The minimum atomic E-state index is -0.576. The number of anilines is 1. The summed E-state index contributed by atoms with van der Waals surface area (Å²) in [6, 6.07) is 6.20. The van der Waals surface area contributed by atoms with Crippen LogP contribution in [0.5, 0.6) is 5.75 Å². The molecule has 25 heavy (non-hydrogen) atoms. The van der Waals surface area contributed by atoms with Crippen LogP contribution in [0, 0.1) is 0 Å². The van der Waals surface area contributed by atoms with Crippen molar-refractivity contribution >= 4 is 11.8 Å². The second-order valence-electron chi connectivity index (χ2n) is 8.04. The number of amides is 1. The number of carbonyl (C=O) groups excluding carboxylic acids is 1. The molecule has 2 aliphatic rings. The molecule has 3 rings (SSSR count). The molecule has 0 N–H and O–H groups in total. The first-order chi connectivity index (χ1) is 11.6. The monoisotopic (exact) mass is 348 g/mol. The van der Waals surface area contributed by atoms with Crippen molar-refractivity contribution in [1.82, 2.24) is 4.90 Å². The summed E-state index contributed by atoms with van der Waals surface area (Å²) in [5.41, 5.74) is 1.74. The van der Waals surface area contributed by atoms with E-state index in [-0.39, 0.29) is 6.09 Å². The van der Waals surface area contributed by atoms with E-state index in [9.17, 15) is 4.79 Å². The minimum Gasteiger partial charge on any atom is -0.463 e. The van der Waals surface area contributed by atoms with Crippen molar-refractivity contribution in [2.45, 2.75) is 52.6 Å². The predicted octanol–water partition coefficient (Wildman–Crippen LogP) is 3.39. The fraction of sp³-hybridized carbons (Fsp3) is 0.632. The third-order valence-corrected chi connectivity index (χ3v) is 4.27. The lowest BCUT2D eigenvalue weighted by molar-refractivity contribution is -0.180. The molecule has 2 aliphatic heterocycles. The van der Waals surface area contributed by atoms with Gasteiger partial charge in [-0.2, -0.15) is 0 Å². The Balaban J connectivity index is 1.61. The summed E-state index contributed by atoms with van der Waals surface area (Å²) in [5, 5.41) is 0. The molecular formula is C19H28N2O4. The second kappa shape index (κ2) is 6.41. The molecule has 0 atom stereocenters. The van der Waals surface area contributed by atoms with Gasteiger partial charge in [-0.3, -0.25) is 0 Å². The van der Waals surface area contributed by atoms with E-state index < -0.39 is 11.4 Å². The molecule has 6 heteroatoms. The normalized spacial score (nSPS) is 19.9. The van der Waals surface area contributed by atoms with Crippen molar-refractivity contribution in [3.8, 4) is 5.75 Å². The van der Waals surface area contributed by atoms with Crippen LogP contribution in [0.2, 0.25) is 0 Å². The van der Waals surface area contributed by atoms with Crippen LogP contribution in [0.1, 0.15) is 40.2 Å². The van der Waals surface area contributed by atoms with Gasteiger partial charge >= 0.3 is 6.09 Å². The Labute approximate surface area is 149 Å². The zero-order chi connectivity index (χ0) is 18.2. The van der Waals surface area contributed by atoms with Crippen molar-refractivity contribution in [2.24, 2.45) is 0 Å². The molecule has 138 valence electrons. The highest BCUT2D eigenvalue weighted by atomic mass is 16.7. The van der Waals surface area contributed by atoms with E-state index in [1.165, 1.54) is 0 Å². The fourth-order valence-corrected chi connectivity index (χ4v) is 2.99. The fourth-order valence-electron chi connectivity index (χ4n) is 2.99. The number of rotatable bonds is 1. The number of hydrogen-bond donors (Lipinski definition) is 0. The topological polar surface area (TPSA) is 51.2 Å². The summed E-state index contributed by atoms with van der Waals surface area (Å²) in [6.07, 6.45) is -0.235. The molecule has 0 aliphatic carbocycles. The molecule has 1 fully saturated rings. The van der Waals surface area contributed by atoms with Crippen LogP contribution in [-0.4, -0.2) is 48.6 Å². The Morgan fingerprint density at radius 3 is 2.48 bits per heavy atom. The number of nitrogens with zero attached hydrogens (tertiary/aromatic N) is 2. The van der Waals surface area contributed by atoms with Crippen LogP contribution >= 0.6 is 0 Å². The quantitative estimate of drug-likeness (QED) is 0.779. The van der Waals surface area contributed by atoms with Crippen LogP contribution in [0.4, 0.5) is 10.5 Å². The van der Waals surface area contributed by atoms with E-state index in [1.807, 2.05) is 40.7 Å². The van der Waals surface area contributed by atoms with Gasteiger partial charge in [0.15, 0.2) is 0 Å². The van der Waals surface area contributed by atoms with Gasteiger partial charge in [0.2, 0.25) is 5.79 Å². The van der Waals surface area contributed by atoms with Crippen LogP contribution in [0.25, 0.3) is 0 Å². The molecule has 0 unspecified atom stereocenters. The maximum Gasteiger partial charge on any atom is 0.410 e. The van der Waals surface area contributed by atoms with E-state index in [4.69, 9.17) is 14.2 Å². The third-order valence-electron chi connectivity index (χ3n) is 4.27. The smallest absolute Gasteiger partial charge is 0.410 e. The number of ether oxygens (including phenoxy) is 3. The maximum absolute atomic E-state index is 12.2. The van der Waals surface area contributed by atoms with Gasteiger partial charge in [-0.25, -0.2) is 4.79 Å². The van der Waals surface area contributed by atoms with Crippen LogP contribution in [0.3, 0.4) is 0 Å². The van der Waals surface area contributed by atoms with E-state index in [2.05, 4.69) is 17.0 Å². The molecule has 0 saturated carbocycles. The summed E-state index contributed by atoms with van der Waals surface area (Å²) < 4.78 is 17.0. The predicted molar refractivity (Wildman–Crippen MR) is 96.0 cm³/mol. The van der Waals surface area contributed by atoms with Gasteiger partial charge < -0.3 is 24.0 Å². The molecule has 0 radical (unpaired) electrons. The maximum atomic E-state index is 12.2. The van der Waals surface area contributed by atoms with Gasteiger partial charge in [0.25, 0.3) is 0 Å². The van der Waals surface area contributed by atoms with Crippen molar-refractivity contribution in [1.29, 1.82) is 0 Å². The number of piperazine rings is 1. The average Bonchev–Trinajstić information content (AvgIpc) is 2.52. The lowest BCUT2D eigenvalue weighted by atomic mass is 10.1. The molecule has 1 aromatic carbocycles. The van der Waals surface area contributed by atoms with Crippen LogP contribution in [-0.2, 0) is 16.1 Å². The molecule has 0 aromatic heterocycles. The van der Waals surface area contributed by atoms with Gasteiger partial charge in [-0.05, 0) is 39.0 Å². The first-order valence-electron chi connectivity index (χ1n) is 8.82. The largest absolute Gasteiger partial charge is 0.463 e. The van der Waals surface area contributed by atoms with Gasteiger partial charge in [-0.15, -0.1) is 0 Å². The van der Waals surface area contributed by atoms with Crippen molar-refractivity contribution in [2.75, 3.05) is 31.1 Å². The first kappa shape index (κ1) is 17.9. The highest BCUT2D eigenvalue weighted by Gasteiger charge is 2.29. The number of fused-ring (bicyclic) bond motifs is 1. The average molecular weight is 348 g/mol. The summed E-state index contributed by atoms with van der Waals surface area (Å²) in [7, 11) is 0. The van der Waals surface area contributed by atoms with Crippen molar-refractivity contribution < 1.29 is 19.0 Å². The Morgan fingerprint density at radius 2 is 1.84 bits per heavy atom. The number of hydrogen-bond acceptors (Lipinski definition) is 5. The van der Waals surface area contributed by atoms with Gasteiger partial charge in [0.05, 0.1) is 6.61 Å². The highest BCUT2D eigenvalue weighted by molar-refractivity contribution is 5.68. The summed E-state index contributed by atoms with van der Waals surface area (Å²) >= 11 is 0. The van der Waals surface area contributed by atoms with Crippen molar-refractivity contribution in [3.63, 3.8) is 0 Å². The Hall–Kier alpha value is -1.95. The Kier molecular flexibility index (Phi) is 4.58. The van der Waals surface area contributed by atoms with Crippen molar-refractivity contribution in [3.05, 3.63) is 23.8 Å². The highest BCUT2D eigenvalue weighted by Crippen LogP contribution is 2.34. The third kappa shape index (κ3) is 4.37. The molecule has 0 spiro atoms. The minimum absolute atomic E-state index is 0.235. The zero-order valence-corrected chi connectivity index (χ0v) is 15.8. The lowest BCUT2D eigenvalue weighted by Gasteiger charge is -2.37. The zero-order valence-electron chi connectivity index (χ0n) is 15.8. The molecule has 1 saturated heterocycles. The lowest BCUT2D eigenvalue weighted by Crippen LogP contribution is -2.50. The molecule has 2 heterocycles. The number of benzene rings is 1. The molecule has 6 nitrogen and oxygen atoms in total. The van der Waals surface area contributed by atoms with Crippen LogP contribution in [0.15, 0.2) is 18.2 Å². The van der Waals surface area contributed by atoms with Gasteiger partial charge in [-0.1, -0.05) is 0 Å². The molecule has 0 bridgehead atoms. The first-order valence-corrected chi connectivity index (χ1v) is 8.82. The number of carbonyl (C=O) groups is 1. The second-order valence-corrected chi connectivity index (χ2v) is 8.04. The van der Waals surface area contributed by atoms with Gasteiger partial charge in [0.1, 0.15) is 11.4 Å². The van der Waals surface area contributed by atoms with E-state index in [0.29, 0.717) is 19.7 Å². The van der Waals surface area contributed by atoms with E-state index >= 15 is 0 Å². The molecule has 1 amide bonds.